The van der Waals surface area contributed by atoms with Gasteiger partial charge in [-0.2, -0.15) is 13.2 Å². The van der Waals surface area contributed by atoms with Gasteiger partial charge in [0, 0.05) is 24.3 Å². The molecule has 1 amide bonds. The maximum atomic E-state index is 13.8. The number of carbonyl (C=O) groups is 1. The van der Waals surface area contributed by atoms with E-state index in [-0.39, 0.29) is 11.3 Å². The van der Waals surface area contributed by atoms with Crippen LogP contribution in [0.2, 0.25) is 0 Å². The second-order valence-electron chi connectivity index (χ2n) is 7.48. The molecule has 1 aromatic heterocycles. The number of aromatic nitrogens is 1. The van der Waals surface area contributed by atoms with Crippen molar-refractivity contribution in [3.05, 3.63) is 77.5 Å². The van der Waals surface area contributed by atoms with Crippen molar-refractivity contribution in [1.29, 1.82) is 0 Å². The first-order chi connectivity index (χ1) is 15.3. The molecule has 166 valence electrons. The summed E-state index contributed by atoms with van der Waals surface area (Å²) in [6.45, 7) is 3.62. The number of alkyl halides is 3. The zero-order chi connectivity index (χ0) is 22.7. The molecule has 1 fully saturated rings. The summed E-state index contributed by atoms with van der Waals surface area (Å²) >= 11 is 0. The Bertz CT molecular complexity index is 1110. The van der Waals surface area contributed by atoms with Gasteiger partial charge in [0.05, 0.1) is 41.4 Å². The maximum absolute atomic E-state index is 13.8. The fraction of sp³-hybridized carbons (Fsp3) is 0.250. The number of benzene rings is 2. The van der Waals surface area contributed by atoms with E-state index in [2.05, 4.69) is 10.3 Å². The number of halogens is 3. The normalized spacial score (nSPS) is 14.3. The molecular weight excluding hydrogens is 419 g/mol. The minimum absolute atomic E-state index is 0.218. The molecule has 2 aromatic carbocycles. The summed E-state index contributed by atoms with van der Waals surface area (Å²) in [5.74, 6) is -0.640. The van der Waals surface area contributed by atoms with Crippen molar-refractivity contribution in [3.8, 4) is 11.3 Å². The largest absolute Gasteiger partial charge is 0.418 e. The van der Waals surface area contributed by atoms with Crippen LogP contribution in [0.25, 0.3) is 11.3 Å². The summed E-state index contributed by atoms with van der Waals surface area (Å²) in [6.07, 6.45) is -4.62. The number of aryl methyl sites for hydroxylation is 1. The second kappa shape index (κ2) is 9.00. The summed E-state index contributed by atoms with van der Waals surface area (Å²) < 4.78 is 46.5. The van der Waals surface area contributed by atoms with E-state index in [1.807, 2.05) is 35.2 Å². The molecule has 0 atom stereocenters. The van der Waals surface area contributed by atoms with E-state index in [9.17, 15) is 18.0 Å². The van der Waals surface area contributed by atoms with E-state index >= 15 is 0 Å². The lowest BCUT2D eigenvalue weighted by Crippen LogP contribution is -2.36. The first kappa shape index (κ1) is 21.8. The van der Waals surface area contributed by atoms with Crippen LogP contribution in [0.5, 0.6) is 0 Å². The van der Waals surface area contributed by atoms with Gasteiger partial charge < -0.3 is 15.0 Å². The predicted octanol–water partition coefficient (Wildman–Crippen LogP) is 5.16. The molecule has 0 aliphatic carbocycles. The van der Waals surface area contributed by atoms with Crippen molar-refractivity contribution < 1.29 is 22.7 Å². The zero-order valence-corrected chi connectivity index (χ0v) is 17.4. The van der Waals surface area contributed by atoms with Crippen LogP contribution >= 0.6 is 0 Å². The number of anilines is 2. The molecule has 0 unspecified atom stereocenters. The fourth-order valence-corrected chi connectivity index (χ4v) is 3.65. The molecule has 32 heavy (non-hydrogen) atoms. The Balaban J connectivity index is 1.60. The number of nitrogens with zero attached hydrogens (tertiary/aromatic N) is 2. The lowest BCUT2D eigenvalue weighted by Gasteiger charge is -2.29. The third-order valence-electron chi connectivity index (χ3n) is 5.33. The van der Waals surface area contributed by atoms with Crippen molar-refractivity contribution in [3.63, 3.8) is 0 Å². The van der Waals surface area contributed by atoms with E-state index in [0.29, 0.717) is 43.4 Å². The second-order valence-corrected chi connectivity index (χ2v) is 7.48. The smallest absolute Gasteiger partial charge is 0.378 e. The highest BCUT2D eigenvalue weighted by Gasteiger charge is 2.35. The number of nitrogens with one attached hydrogen (secondary N) is 1. The van der Waals surface area contributed by atoms with Crippen LogP contribution in [0.4, 0.5) is 24.5 Å². The summed E-state index contributed by atoms with van der Waals surface area (Å²) in [5.41, 5.74) is 1.50. The lowest BCUT2D eigenvalue weighted by atomic mass is 10.1. The van der Waals surface area contributed by atoms with Crippen LogP contribution < -0.4 is 10.2 Å². The summed E-state index contributed by atoms with van der Waals surface area (Å²) in [7, 11) is 0. The molecule has 4 rings (SSSR count). The Morgan fingerprint density at radius 3 is 2.41 bits per heavy atom. The molecule has 3 aromatic rings. The minimum atomic E-state index is -4.62. The van der Waals surface area contributed by atoms with Gasteiger partial charge in [0.1, 0.15) is 0 Å². The first-order valence-electron chi connectivity index (χ1n) is 10.2. The Hall–Kier alpha value is -3.39. The molecule has 8 heteroatoms. The van der Waals surface area contributed by atoms with Crippen molar-refractivity contribution in [2.24, 2.45) is 0 Å². The van der Waals surface area contributed by atoms with Crippen LogP contribution in [-0.2, 0) is 10.9 Å². The number of amides is 1. The number of pyridine rings is 1. The molecule has 1 N–H and O–H groups in total. The molecule has 1 saturated heterocycles. The number of morpholine rings is 1. The van der Waals surface area contributed by atoms with Crippen molar-refractivity contribution in [2.45, 2.75) is 13.1 Å². The first-order valence-corrected chi connectivity index (χ1v) is 10.2. The molecule has 2 heterocycles. The summed E-state index contributed by atoms with van der Waals surface area (Å²) in [4.78, 5) is 19.1. The number of rotatable bonds is 4. The van der Waals surface area contributed by atoms with Crippen molar-refractivity contribution >= 4 is 17.3 Å². The van der Waals surface area contributed by atoms with Gasteiger partial charge in [0.15, 0.2) is 0 Å². The van der Waals surface area contributed by atoms with Crippen LogP contribution in [0.1, 0.15) is 21.6 Å². The van der Waals surface area contributed by atoms with E-state index in [1.54, 1.807) is 25.1 Å². The molecule has 0 spiro atoms. The van der Waals surface area contributed by atoms with E-state index < -0.39 is 17.6 Å². The predicted molar refractivity (Wildman–Crippen MR) is 117 cm³/mol. The lowest BCUT2D eigenvalue weighted by molar-refractivity contribution is -0.136. The van der Waals surface area contributed by atoms with Crippen LogP contribution in [-0.4, -0.2) is 37.2 Å². The summed E-state index contributed by atoms with van der Waals surface area (Å²) in [6, 6.07) is 16.7. The van der Waals surface area contributed by atoms with E-state index in [1.165, 1.54) is 6.07 Å². The van der Waals surface area contributed by atoms with Gasteiger partial charge in [-0.1, -0.05) is 30.3 Å². The van der Waals surface area contributed by atoms with Crippen LogP contribution in [0.15, 0.2) is 60.7 Å². The third-order valence-corrected chi connectivity index (χ3v) is 5.33. The average Bonchev–Trinajstić information content (AvgIpc) is 2.79. The van der Waals surface area contributed by atoms with Gasteiger partial charge in [-0.3, -0.25) is 9.78 Å². The molecule has 0 radical (unpaired) electrons. The molecule has 0 bridgehead atoms. The van der Waals surface area contributed by atoms with E-state index in [4.69, 9.17) is 4.74 Å². The van der Waals surface area contributed by atoms with Crippen molar-refractivity contribution in [2.75, 3.05) is 36.5 Å². The Kier molecular flexibility index (Phi) is 6.14. The SMILES string of the molecule is Cc1nc(-c2ccccc2)ccc1C(=O)Nc1ccc(N2CCOCC2)cc1C(F)(F)F. The van der Waals surface area contributed by atoms with Gasteiger partial charge in [-0.25, -0.2) is 0 Å². The Morgan fingerprint density at radius 2 is 1.75 bits per heavy atom. The maximum Gasteiger partial charge on any atom is 0.418 e. The highest BCUT2D eigenvalue weighted by atomic mass is 19.4. The van der Waals surface area contributed by atoms with Gasteiger partial charge in [0.2, 0.25) is 0 Å². The average molecular weight is 441 g/mol. The zero-order valence-electron chi connectivity index (χ0n) is 17.4. The fourth-order valence-electron chi connectivity index (χ4n) is 3.65. The molecular formula is C24H22F3N3O2. The quantitative estimate of drug-likeness (QED) is 0.607. The topological polar surface area (TPSA) is 54.5 Å². The Labute approximate surface area is 183 Å². The Morgan fingerprint density at radius 1 is 1.03 bits per heavy atom. The summed E-state index contributed by atoms with van der Waals surface area (Å²) in [5, 5.41) is 2.42. The van der Waals surface area contributed by atoms with Crippen molar-refractivity contribution in [1.82, 2.24) is 4.98 Å². The monoisotopic (exact) mass is 441 g/mol. The van der Waals surface area contributed by atoms with Crippen LogP contribution in [0, 0.1) is 6.92 Å². The minimum Gasteiger partial charge on any atom is -0.378 e. The van der Waals surface area contributed by atoms with Crippen LogP contribution in [0.3, 0.4) is 0 Å². The molecule has 1 aliphatic rings. The number of hydrogen-bond donors (Lipinski definition) is 1. The van der Waals surface area contributed by atoms with Gasteiger partial charge in [0.25, 0.3) is 5.91 Å². The molecule has 1 aliphatic heterocycles. The highest BCUT2D eigenvalue weighted by Crippen LogP contribution is 2.38. The number of carbonyl (C=O) groups excluding carboxylic acids is 1. The van der Waals surface area contributed by atoms with Gasteiger partial charge in [-0.15, -0.1) is 0 Å². The number of ether oxygens (including phenoxy) is 1. The van der Waals surface area contributed by atoms with Gasteiger partial charge in [-0.05, 0) is 37.3 Å². The van der Waals surface area contributed by atoms with Gasteiger partial charge >= 0.3 is 6.18 Å². The molecule has 0 saturated carbocycles. The highest BCUT2D eigenvalue weighted by molar-refractivity contribution is 6.05. The van der Waals surface area contributed by atoms with E-state index in [0.717, 1.165) is 11.6 Å². The third kappa shape index (κ3) is 4.75. The number of hydrogen-bond acceptors (Lipinski definition) is 4. The molecule has 5 nitrogen and oxygen atoms in total. The standard InChI is InChI=1S/C24H22F3N3O2/c1-16-19(8-10-21(28-16)17-5-3-2-4-6-17)23(31)29-22-9-7-18(15-20(22)24(25,26)27)30-11-13-32-14-12-30/h2-10,15H,11-14H2,1H3,(H,29,31).